The molecule has 0 unspecified atom stereocenters. The molecule has 0 aliphatic rings. The van der Waals surface area contributed by atoms with Gasteiger partial charge in [0.15, 0.2) is 0 Å². The molecule has 0 radical (unpaired) electrons. The summed E-state index contributed by atoms with van der Waals surface area (Å²) in [4.78, 5) is 12.7. The summed E-state index contributed by atoms with van der Waals surface area (Å²) in [5.41, 5.74) is 6.51. The smallest absolute Gasteiger partial charge is 0.336 e. The Bertz CT molecular complexity index is 601. The molecular formula is C13H10BrNO2S. The molecule has 0 aliphatic carbocycles. The minimum atomic E-state index is -0.954. The Morgan fingerprint density at radius 2 is 1.89 bits per heavy atom. The maximum atomic E-state index is 11.1. The first kappa shape index (κ1) is 13.0. The first-order valence-electron chi connectivity index (χ1n) is 5.13. The quantitative estimate of drug-likeness (QED) is 0.841. The van der Waals surface area contributed by atoms with Crippen molar-refractivity contribution in [2.24, 2.45) is 0 Å². The Balaban J connectivity index is 2.42. The number of aromatic carboxylic acids is 1. The van der Waals surface area contributed by atoms with Gasteiger partial charge in [0.1, 0.15) is 0 Å². The fraction of sp³-hybridized carbons (Fsp3) is 0. The Morgan fingerprint density at radius 1 is 1.17 bits per heavy atom. The van der Waals surface area contributed by atoms with Crippen LogP contribution in [-0.4, -0.2) is 11.1 Å². The molecule has 0 amide bonds. The number of carbonyl (C=O) groups is 1. The van der Waals surface area contributed by atoms with Crippen molar-refractivity contribution in [1.82, 2.24) is 0 Å². The number of carboxylic acids is 1. The van der Waals surface area contributed by atoms with Crippen LogP contribution in [0.25, 0.3) is 0 Å². The van der Waals surface area contributed by atoms with Crippen LogP contribution in [0.1, 0.15) is 10.4 Å². The molecule has 2 aromatic rings. The van der Waals surface area contributed by atoms with Crippen LogP contribution in [0.2, 0.25) is 0 Å². The van der Waals surface area contributed by atoms with Crippen LogP contribution in [-0.2, 0) is 0 Å². The number of hydrogen-bond donors (Lipinski definition) is 2. The van der Waals surface area contributed by atoms with E-state index >= 15 is 0 Å². The predicted octanol–water partition coefficient (Wildman–Crippen LogP) is 3.88. The number of hydrogen-bond acceptors (Lipinski definition) is 3. The first-order chi connectivity index (χ1) is 8.58. The zero-order valence-electron chi connectivity index (χ0n) is 9.26. The van der Waals surface area contributed by atoms with Crippen molar-refractivity contribution < 1.29 is 9.90 Å². The van der Waals surface area contributed by atoms with Gasteiger partial charge in [-0.15, -0.1) is 0 Å². The van der Waals surface area contributed by atoms with E-state index in [0.29, 0.717) is 10.6 Å². The second-order valence-corrected chi connectivity index (χ2v) is 5.53. The molecule has 0 fully saturated rings. The zero-order chi connectivity index (χ0) is 13.1. The summed E-state index contributed by atoms with van der Waals surface area (Å²) in [5, 5.41) is 9.14. The number of halogens is 1. The summed E-state index contributed by atoms with van der Waals surface area (Å²) < 4.78 is 0.925. The Labute approximate surface area is 117 Å². The highest BCUT2D eigenvalue weighted by Crippen LogP contribution is 2.36. The van der Waals surface area contributed by atoms with E-state index in [4.69, 9.17) is 10.8 Å². The largest absolute Gasteiger partial charge is 0.478 e. The average Bonchev–Trinajstić information content (AvgIpc) is 2.32. The molecule has 92 valence electrons. The standard InChI is InChI=1S/C13H10BrNO2S/c14-10-3-1-2-4-11(10)18-12-7-8(15)5-6-9(12)13(16)17/h1-7H,15H2,(H,16,17). The zero-order valence-corrected chi connectivity index (χ0v) is 11.7. The van der Waals surface area contributed by atoms with Crippen LogP contribution < -0.4 is 5.73 Å². The van der Waals surface area contributed by atoms with Crippen LogP contribution in [0, 0.1) is 0 Å². The van der Waals surface area contributed by atoms with Gasteiger partial charge in [0.2, 0.25) is 0 Å². The monoisotopic (exact) mass is 323 g/mol. The number of benzene rings is 2. The molecule has 3 N–H and O–H groups in total. The molecule has 0 heterocycles. The molecule has 0 saturated carbocycles. The lowest BCUT2D eigenvalue weighted by atomic mass is 10.2. The summed E-state index contributed by atoms with van der Waals surface area (Å²) in [6.45, 7) is 0. The van der Waals surface area contributed by atoms with E-state index in [1.165, 1.54) is 17.8 Å². The molecule has 5 heteroatoms. The number of nitrogen functional groups attached to an aromatic ring is 1. The van der Waals surface area contributed by atoms with Gasteiger partial charge in [-0.3, -0.25) is 0 Å². The van der Waals surface area contributed by atoms with Crippen molar-refractivity contribution in [2.45, 2.75) is 9.79 Å². The van der Waals surface area contributed by atoms with E-state index < -0.39 is 5.97 Å². The topological polar surface area (TPSA) is 63.3 Å². The molecule has 2 rings (SSSR count). The SMILES string of the molecule is Nc1ccc(C(=O)O)c(Sc2ccccc2Br)c1. The maximum absolute atomic E-state index is 11.1. The fourth-order valence-corrected chi connectivity index (χ4v) is 2.98. The highest BCUT2D eigenvalue weighted by molar-refractivity contribution is 9.10. The number of carboxylic acid groups (broad SMARTS) is 1. The average molecular weight is 324 g/mol. The molecule has 0 atom stereocenters. The second kappa shape index (κ2) is 5.46. The van der Waals surface area contributed by atoms with Crippen molar-refractivity contribution >= 4 is 39.3 Å². The summed E-state index contributed by atoms with van der Waals surface area (Å²) in [6.07, 6.45) is 0. The normalized spacial score (nSPS) is 10.3. The van der Waals surface area contributed by atoms with E-state index in [-0.39, 0.29) is 5.56 Å². The molecule has 0 aliphatic heterocycles. The van der Waals surface area contributed by atoms with Gasteiger partial charge >= 0.3 is 5.97 Å². The van der Waals surface area contributed by atoms with Gasteiger partial charge in [0.25, 0.3) is 0 Å². The first-order valence-corrected chi connectivity index (χ1v) is 6.74. The van der Waals surface area contributed by atoms with Crippen LogP contribution in [0.4, 0.5) is 5.69 Å². The molecule has 2 aromatic carbocycles. The van der Waals surface area contributed by atoms with Crippen molar-refractivity contribution in [3.63, 3.8) is 0 Å². The summed E-state index contributed by atoms with van der Waals surface area (Å²) in [6, 6.07) is 12.4. The van der Waals surface area contributed by atoms with Crippen LogP contribution in [0.3, 0.4) is 0 Å². The summed E-state index contributed by atoms with van der Waals surface area (Å²) in [5.74, 6) is -0.954. The van der Waals surface area contributed by atoms with E-state index in [0.717, 1.165) is 9.37 Å². The lowest BCUT2D eigenvalue weighted by Gasteiger charge is -2.08. The van der Waals surface area contributed by atoms with Gasteiger partial charge in [-0.1, -0.05) is 23.9 Å². The van der Waals surface area contributed by atoms with Gasteiger partial charge in [-0.25, -0.2) is 4.79 Å². The number of anilines is 1. The van der Waals surface area contributed by atoms with Gasteiger partial charge in [-0.2, -0.15) is 0 Å². The Morgan fingerprint density at radius 3 is 2.56 bits per heavy atom. The van der Waals surface area contributed by atoms with Crippen molar-refractivity contribution in [3.8, 4) is 0 Å². The van der Waals surface area contributed by atoms with E-state index in [2.05, 4.69) is 15.9 Å². The van der Waals surface area contributed by atoms with Gasteiger partial charge < -0.3 is 10.8 Å². The lowest BCUT2D eigenvalue weighted by molar-refractivity contribution is 0.0693. The molecular weight excluding hydrogens is 314 g/mol. The fourth-order valence-electron chi connectivity index (χ4n) is 1.45. The Hall–Kier alpha value is -1.46. The highest BCUT2D eigenvalue weighted by Gasteiger charge is 2.12. The van der Waals surface area contributed by atoms with E-state index in [1.54, 1.807) is 12.1 Å². The molecule has 18 heavy (non-hydrogen) atoms. The maximum Gasteiger partial charge on any atom is 0.336 e. The minimum Gasteiger partial charge on any atom is -0.478 e. The van der Waals surface area contributed by atoms with Crippen LogP contribution in [0.15, 0.2) is 56.7 Å². The molecule has 0 aromatic heterocycles. The lowest BCUT2D eigenvalue weighted by Crippen LogP contribution is -1.99. The van der Waals surface area contributed by atoms with E-state index in [9.17, 15) is 4.79 Å². The van der Waals surface area contributed by atoms with Crippen molar-refractivity contribution in [2.75, 3.05) is 5.73 Å². The summed E-state index contributed by atoms with van der Waals surface area (Å²) >= 11 is 4.81. The van der Waals surface area contributed by atoms with Gasteiger partial charge in [0.05, 0.1) is 5.56 Å². The van der Waals surface area contributed by atoms with Crippen LogP contribution >= 0.6 is 27.7 Å². The molecule has 3 nitrogen and oxygen atoms in total. The molecule has 0 bridgehead atoms. The Kier molecular flexibility index (Phi) is 3.93. The molecule has 0 saturated heterocycles. The van der Waals surface area contributed by atoms with E-state index in [1.807, 2.05) is 24.3 Å². The van der Waals surface area contributed by atoms with Gasteiger partial charge in [0, 0.05) is 20.0 Å². The van der Waals surface area contributed by atoms with Crippen molar-refractivity contribution in [1.29, 1.82) is 0 Å². The second-order valence-electron chi connectivity index (χ2n) is 3.59. The van der Waals surface area contributed by atoms with Crippen LogP contribution in [0.5, 0.6) is 0 Å². The summed E-state index contributed by atoms with van der Waals surface area (Å²) in [7, 11) is 0. The third-order valence-electron chi connectivity index (χ3n) is 2.29. The van der Waals surface area contributed by atoms with Gasteiger partial charge in [-0.05, 0) is 46.3 Å². The molecule has 0 spiro atoms. The predicted molar refractivity (Wildman–Crippen MR) is 76.1 cm³/mol. The third kappa shape index (κ3) is 2.86. The minimum absolute atomic E-state index is 0.255. The van der Waals surface area contributed by atoms with Crippen molar-refractivity contribution in [3.05, 3.63) is 52.5 Å². The third-order valence-corrected chi connectivity index (χ3v) is 4.38. The number of rotatable bonds is 3. The highest BCUT2D eigenvalue weighted by atomic mass is 79.9. The number of nitrogens with two attached hydrogens (primary N) is 1.